The molecular weight excluding hydrogens is 442 g/mol. The average Bonchev–Trinajstić information content (AvgIpc) is 3.07. The van der Waals surface area contributed by atoms with E-state index in [1.165, 1.54) is 18.2 Å². The molecule has 172 valence electrons. The Kier molecular flexibility index (Phi) is 5.64. The summed E-state index contributed by atoms with van der Waals surface area (Å²) in [6, 6.07) is 7.23. The summed E-state index contributed by atoms with van der Waals surface area (Å²) in [4.78, 5) is 52.1. The molecule has 1 aromatic carbocycles. The Morgan fingerprint density at radius 2 is 1.94 bits per heavy atom. The summed E-state index contributed by atoms with van der Waals surface area (Å²) in [5.41, 5.74) is 3.64. The van der Waals surface area contributed by atoms with Gasteiger partial charge in [0.2, 0.25) is 5.91 Å². The molecule has 33 heavy (non-hydrogen) atoms. The molecule has 1 atom stereocenters. The number of anilines is 1. The second-order valence-electron chi connectivity index (χ2n) is 7.46. The highest BCUT2D eigenvalue weighted by Crippen LogP contribution is 2.33. The Hall–Kier alpha value is -4.13. The number of primary amides is 1. The molecule has 0 bridgehead atoms. The van der Waals surface area contributed by atoms with Crippen molar-refractivity contribution in [1.29, 1.82) is 0 Å². The number of ether oxygens (including phenoxy) is 1. The normalized spacial score (nSPS) is 17.3. The molecule has 1 saturated heterocycles. The first-order chi connectivity index (χ1) is 15.6. The number of alkyl halides is 2. The van der Waals surface area contributed by atoms with E-state index in [0.717, 1.165) is 11.1 Å². The minimum atomic E-state index is -3.27. The van der Waals surface area contributed by atoms with Crippen LogP contribution in [0.1, 0.15) is 15.9 Å². The topological polar surface area (TPSA) is 167 Å². The maximum atomic E-state index is 14.6. The first-order valence-corrected chi connectivity index (χ1v) is 9.69. The predicted octanol–water partition coefficient (Wildman–Crippen LogP) is -0.0469. The fourth-order valence-corrected chi connectivity index (χ4v) is 3.44. The van der Waals surface area contributed by atoms with Gasteiger partial charge in [-0.15, -0.1) is 0 Å². The van der Waals surface area contributed by atoms with Crippen LogP contribution >= 0.6 is 0 Å². The Labute approximate surface area is 183 Å². The second-order valence-corrected chi connectivity index (χ2v) is 7.46. The predicted molar refractivity (Wildman–Crippen MR) is 112 cm³/mol. The minimum Gasteiger partial charge on any atom is -0.366 e. The molecule has 1 amide bonds. The number of carbonyl (C=O) groups is 1. The molecule has 1 aliphatic rings. The van der Waals surface area contributed by atoms with Crippen LogP contribution in [0.2, 0.25) is 0 Å². The Morgan fingerprint density at radius 3 is 2.61 bits per heavy atom. The summed E-state index contributed by atoms with van der Waals surface area (Å²) < 4.78 is 34.7. The smallest absolute Gasteiger partial charge is 0.325 e. The van der Waals surface area contributed by atoms with Crippen molar-refractivity contribution in [3.05, 3.63) is 78.8 Å². The van der Waals surface area contributed by atoms with Crippen LogP contribution in [0.3, 0.4) is 0 Å². The number of benzene rings is 1. The monoisotopic (exact) mass is 460 g/mol. The number of halogens is 2. The van der Waals surface area contributed by atoms with E-state index in [4.69, 9.17) is 10.5 Å². The molecule has 3 aromatic rings. The van der Waals surface area contributed by atoms with Gasteiger partial charge in [-0.25, -0.2) is 18.7 Å². The Morgan fingerprint density at radius 1 is 1.21 bits per heavy atom. The van der Waals surface area contributed by atoms with E-state index in [0.29, 0.717) is 5.56 Å². The van der Waals surface area contributed by atoms with Gasteiger partial charge in [0, 0.05) is 11.8 Å². The molecule has 5 N–H and O–H groups in total. The number of aromatic amines is 3. The maximum absolute atomic E-state index is 14.6. The van der Waals surface area contributed by atoms with Crippen molar-refractivity contribution in [2.75, 3.05) is 18.0 Å². The van der Waals surface area contributed by atoms with Crippen LogP contribution < -0.4 is 27.4 Å². The molecule has 2 aromatic heterocycles. The van der Waals surface area contributed by atoms with Crippen molar-refractivity contribution < 1.29 is 18.3 Å². The van der Waals surface area contributed by atoms with Crippen LogP contribution in [-0.4, -0.2) is 51.2 Å². The fourth-order valence-electron chi connectivity index (χ4n) is 3.44. The molecule has 0 saturated carbocycles. The summed E-state index contributed by atoms with van der Waals surface area (Å²) in [6.45, 7) is -1.22. The van der Waals surface area contributed by atoms with E-state index in [1.54, 1.807) is 12.1 Å². The molecule has 1 unspecified atom stereocenters. The van der Waals surface area contributed by atoms with Crippen molar-refractivity contribution in [3.8, 4) is 11.3 Å². The van der Waals surface area contributed by atoms with E-state index < -0.39 is 41.3 Å². The van der Waals surface area contributed by atoms with Crippen LogP contribution in [0.4, 0.5) is 14.5 Å². The lowest BCUT2D eigenvalue weighted by atomic mass is 10.1. The third-order valence-corrected chi connectivity index (χ3v) is 5.17. The van der Waals surface area contributed by atoms with Crippen molar-refractivity contribution in [1.82, 2.24) is 20.2 Å². The molecule has 1 fully saturated rings. The standard InChI is InChI=1S/C20H18F2N6O5/c21-20(22)9-28(7-15(20)33-8-10-1-3-11(4-2-10)16(23)29)14-5-13(26-27-18(14)31)12-6-24-19(32)25-17(12)30/h1-6,15H,7-9H2,(H2,23,29)(H,27,31)(H2,24,25,30,32). The number of aromatic nitrogens is 4. The summed E-state index contributed by atoms with van der Waals surface area (Å²) in [5.74, 6) is -3.87. The molecule has 11 nitrogen and oxygen atoms in total. The van der Waals surface area contributed by atoms with Crippen molar-refractivity contribution in [2.45, 2.75) is 18.6 Å². The lowest BCUT2D eigenvalue weighted by molar-refractivity contribution is -0.110. The van der Waals surface area contributed by atoms with Gasteiger partial charge in [-0.1, -0.05) is 12.1 Å². The number of amides is 1. The molecule has 1 aliphatic heterocycles. The number of carbonyl (C=O) groups excluding carboxylic acids is 1. The molecule has 13 heteroatoms. The number of rotatable bonds is 6. The van der Waals surface area contributed by atoms with Gasteiger partial charge >= 0.3 is 5.69 Å². The zero-order chi connectivity index (χ0) is 23.8. The van der Waals surface area contributed by atoms with Crippen molar-refractivity contribution in [3.63, 3.8) is 0 Å². The number of H-pyrrole nitrogens is 3. The first kappa shape index (κ1) is 22.1. The zero-order valence-electron chi connectivity index (χ0n) is 16.9. The number of nitrogens with one attached hydrogen (secondary N) is 3. The highest BCUT2D eigenvalue weighted by molar-refractivity contribution is 5.92. The van der Waals surface area contributed by atoms with E-state index in [9.17, 15) is 28.0 Å². The second kappa shape index (κ2) is 8.43. The number of nitrogens with two attached hydrogens (primary N) is 1. The summed E-state index contributed by atoms with van der Waals surface area (Å²) >= 11 is 0. The zero-order valence-corrected chi connectivity index (χ0v) is 16.9. The minimum absolute atomic E-state index is 0.00988. The van der Waals surface area contributed by atoms with Gasteiger partial charge in [-0.2, -0.15) is 5.10 Å². The summed E-state index contributed by atoms with van der Waals surface area (Å²) in [7, 11) is 0. The molecule has 0 aliphatic carbocycles. The molecule has 4 rings (SSSR count). The van der Waals surface area contributed by atoms with Crippen LogP contribution in [0.5, 0.6) is 0 Å². The van der Waals surface area contributed by atoms with Gasteiger partial charge < -0.3 is 20.4 Å². The van der Waals surface area contributed by atoms with E-state index in [2.05, 4.69) is 15.2 Å². The van der Waals surface area contributed by atoms with Gasteiger partial charge in [0.15, 0.2) is 0 Å². The van der Waals surface area contributed by atoms with Crippen LogP contribution in [-0.2, 0) is 11.3 Å². The highest BCUT2D eigenvalue weighted by atomic mass is 19.3. The molecular formula is C20H18F2N6O5. The van der Waals surface area contributed by atoms with Gasteiger partial charge in [0.1, 0.15) is 11.8 Å². The van der Waals surface area contributed by atoms with Crippen LogP contribution in [0.25, 0.3) is 11.3 Å². The maximum Gasteiger partial charge on any atom is 0.325 e. The molecule has 0 spiro atoms. The van der Waals surface area contributed by atoms with Gasteiger partial charge in [0.05, 0.1) is 31.0 Å². The largest absolute Gasteiger partial charge is 0.366 e. The van der Waals surface area contributed by atoms with Crippen molar-refractivity contribution in [2.24, 2.45) is 5.73 Å². The van der Waals surface area contributed by atoms with Crippen LogP contribution in [0.15, 0.2) is 50.9 Å². The third kappa shape index (κ3) is 4.57. The number of hydrogen-bond acceptors (Lipinski definition) is 7. The van der Waals surface area contributed by atoms with Gasteiger partial charge in [0.25, 0.3) is 17.0 Å². The highest BCUT2D eigenvalue weighted by Gasteiger charge is 2.49. The third-order valence-electron chi connectivity index (χ3n) is 5.17. The molecule has 3 heterocycles. The number of hydrogen-bond donors (Lipinski definition) is 4. The first-order valence-electron chi connectivity index (χ1n) is 9.69. The average molecular weight is 460 g/mol. The summed E-state index contributed by atoms with van der Waals surface area (Å²) in [5, 5.41) is 5.95. The summed E-state index contributed by atoms with van der Waals surface area (Å²) in [6.07, 6.45) is -0.402. The number of nitrogens with zero attached hydrogens (tertiary/aromatic N) is 2. The lowest BCUT2D eigenvalue weighted by Gasteiger charge is -2.18. The molecule has 0 radical (unpaired) electrons. The van der Waals surface area contributed by atoms with E-state index >= 15 is 0 Å². The Balaban J connectivity index is 1.53. The van der Waals surface area contributed by atoms with E-state index in [-0.39, 0.29) is 35.7 Å². The van der Waals surface area contributed by atoms with E-state index in [1.807, 2.05) is 4.98 Å². The van der Waals surface area contributed by atoms with Gasteiger partial charge in [-0.05, 0) is 23.8 Å². The lowest BCUT2D eigenvalue weighted by Crippen LogP contribution is -2.34. The fraction of sp³-hybridized carbons (Fsp3) is 0.250. The van der Waals surface area contributed by atoms with Crippen LogP contribution in [0, 0.1) is 0 Å². The SMILES string of the molecule is NC(=O)c1ccc(COC2CN(c3cc(-c4c[nH]c(=O)[nH]c4=O)n[nH]c3=O)CC2(F)F)cc1. The van der Waals surface area contributed by atoms with Crippen molar-refractivity contribution >= 4 is 11.6 Å². The quantitative estimate of drug-likeness (QED) is 0.400. The Bertz CT molecular complexity index is 1360. The van der Waals surface area contributed by atoms with Gasteiger partial charge in [-0.3, -0.25) is 19.4 Å².